The van der Waals surface area contributed by atoms with Crippen LogP contribution in [-0.4, -0.2) is 23.6 Å². The maximum absolute atomic E-state index is 13.3. The average Bonchev–Trinajstić information content (AvgIpc) is 2.52. The minimum Gasteiger partial charge on any atom is -0.489 e. The molecule has 23 heavy (non-hydrogen) atoms. The number of para-hydroxylation sites is 1. The third-order valence-electron chi connectivity index (χ3n) is 3.35. The third kappa shape index (κ3) is 4.95. The quantitative estimate of drug-likeness (QED) is 0.793. The number of aryl methyl sites for hydroxylation is 1. The van der Waals surface area contributed by atoms with Gasteiger partial charge in [-0.05, 0) is 25.1 Å². The molecule has 2 aromatic rings. The highest BCUT2D eigenvalue weighted by molar-refractivity contribution is 5.75. The number of amides is 1. The predicted molar refractivity (Wildman–Crippen MR) is 85.0 cm³/mol. The van der Waals surface area contributed by atoms with Gasteiger partial charge in [0, 0.05) is 24.7 Å². The summed E-state index contributed by atoms with van der Waals surface area (Å²) in [5.41, 5.74) is 0.689. The van der Waals surface area contributed by atoms with E-state index >= 15 is 0 Å². The molecule has 1 amide bonds. The van der Waals surface area contributed by atoms with Gasteiger partial charge in [0.05, 0.1) is 6.54 Å². The van der Waals surface area contributed by atoms with E-state index in [0.717, 1.165) is 5.69 Å². The first-order valence-electron chi connectivity index (χ1n) is 7.38. The lowest BCUT2D eigenvalue weighted by Gasteiger charge is -2.10. The number of rotatable bonds is 7. The zero-order chi connectivity index (χ0) is 16.7. The smallest absolute Gasteiger partial charge is 0.250 e. The van der Waals surface area contributed by atoms with Crippen molar-refractivity contribution in [3.8, 4) is 5.75 Å². The van der Waals surface area contributed by atoms with Crippen LogP contribution in [0.1, 0.15) is 12.1 Å². The molecule has 0 bridgehead atoms. The fourth-order valence-corrected chi connectivity index (χ4v) is 2.12. The van der Waals surface area contributed by atoms with E-state index in [4.69, 9.17) is 4.74 Å². The number of benzene rings is 1. The Hall–Kier alpha value is -2.63. The van der Waals surface area contributed by atoms with Crippen molar-refractivity contribution in [2.45, 2.75) is 19.9 Å². The molecule has 2 rings (SSSR count). The second-order valence-corrected chi connectivity index (χ2v) is 5.04. The molecule has 0 aliphatic carbocycles. The molecule has 122 valence electrons. The minimum absolute atomic E-state index is 0.124. The van der Waals surface area contributed by atoms with Crippen molar-refractivity contribution in [1.82, 2.24) is 9.88 Å². The fraction of sp³-hybridized carbons (Fsp3) is 0.294. The van der Waals surface area contributed by atoms with Crippen LogP contribution in [0.2, 0.25) is 0 Å². The van der Waals surface area contributed by atoms with Crippen molar-refractivity contribution >= 4 is 5.91 Å². The maximum atomic E-state index is 13.3. The number of hydrogen-bond acceptors (Lipinski definition) is 3. The minimum atomic E-state index is -0.433. The molecular weight excluding hydrogens is 299 g/mol. The number of aromatic nitrogens is 1. The molecule has 5 nitrogen and oxygen atoms in total. The summed E-state index contributed by atoms with van der Waals surface area (Å²) in [5, 5.41) is 2.68. The van der Waals surface area contributed by atoms with Gasteiger partial charge < -0.3 is 14.6 Å². The number of hydrogen-bond donors (Lipinski definition) is 1. The van der Waals surface area contributed by atoms with Gasteiger partial charge in [0.1, 0.15) is 6.61 Å². The van der Waals surface area contributed by atoms with Crippen LogP contribution in [0, 0.1) is 12.7 Å². The SMILES string of the molecule is Cc1cccc(=O)n1CCC(=O)NCCOc1ccccc1F. The number of halogens is 1. The molecule has 1 heterocycles. The molecule has 0 radical (unpaired) electrons. The van der Waals surface area contributed by atoms with E-state index < -0.39 is 5.82 Å². The number of pyridine rings is 1. The second kappa shape index (κ2) is 8.12. The molecule has 0 atom stereocenters. The van der Waals surface area contributed by atoms with Crippen LogP contribution >= 0.6 is 0 Å². The molecule has 0 aliphatic heterocycles. The van der Waals surface area contributed by atoms with Crippen LogP contribution in [0.5, 0.6) is 5.75 Å². The molecule has 0 spiro atoms. The molecule has 0 saturated heterocycles. The van der Waals surface area contributed by atoms with Crippen LogP contribution in [-0.2, 0) is 11.3 Å². The van der Waals surface area contributed by atoms with Gasteiger partial charge in [-0.1, -0.05) is 18.2 Å². The molecule has 1 N–H and O–H groups in total. The van der Waals surface area contributed by atoms with Crippen LogP contribution in [0.15, 0.2) is 47.3 Å². The largest absolute Gasteiger partial charge is 0.489 e. The zero-order valence-corrected chi connectivity index (χ0v) is 12.9. The van der Waals surface area contributed by atoms with Crippen molar-refractivity contribution < 1.29 is 13.9 Å². The van der Waals surface area contributed by atoms with E-state index in [0.29, 0.717) is 6.54 Å². The van der Waals surface area contributed by atoms with Crippen molar-refractivity contribution in [3.63, 3.8) is 0 Å². The second-order valence-electron chi connectivity index (χ2n) is 5.04. The van der Waals surface area contributed by atoms with Crippen LogP contribution in [0.25, 0.3) is 0 Å². The summed E-state index contributed by atoms with van der Waals surface area (Å²) in [6, 6.07) is 11.1. The van der Waals surface area contributed by atoms with E-state index in [1.54, 1.807) is 22.8 Å². The number of nitrogens with zero attached hydrogens (tertiary/aromatic N) is 1. The Morgan fingerprint density at radius 2 is 2.00 bits per heavy atom. The Labute approximate surface area is 133 Å². The summed E-state index contributed by atoms with van der Waals surface area (Å²) >= 11 is 0. The van der Waals surface area contributed by atoms with E-state index in [1.165, 1.54) is 18.2 Å². The summed E-state index contributed by atoms with van der Waals surface area (Å²) in [6.07, 6.45) is 0.199. The normalized spacial score (nSPS) is 10.3. The van der Waals surface area contributed by atoms with Gasteiger partial charge in [-0.25, -0.2) is 4.39 Å². The molecule has 6 heteroatoms. The summed E-state index contributed by atoms with van der Waals surface area (Å²) in [4.78, 5) is 23.4. The molecule has 1 aromatic heterocycles. The molecule has 0 aliphatic rings. The lowest BCUT2D eigenvalue weighted by Crippen LogP contribution is -2.30. The highest BCUT2D eigenvalue weighted by atomic mass is 19.1. The first-order valence-corrected chi connectivity index (χ1v) is 7.38. The van der Waals surface area contributed by atoms with Crippen LogP contribution in [0.4, 0.5) is 4.39 Å². The summed E-state index contributed by atoms with van der Waals surface area (Å²) in [7, 11) is 0. The monoisotopic (exact) mass is 318 g/mol. The standard InChI is InChI=1S/C17H19FN2O3/c1-13-5-4-8-17(22)20(13)11-9-16(21)19-10-12-23-15-7-3-2-6-14(15)18/h2-8H,9-12H2,1H3,(H,19,21). The van der Waals surface area contributed by atoms with Gasteiger partial charge in [-0.3, -0.25) is 9.59 Å². The van der Waals surface area contributed by atoms with Gasteiger partial charge >= 0.3 is 0 Å². The average molecular weight is 318 g/mol. The number of nitrogens with one attached hydrogen (secondary N) is 1. The fourth-order valence-electron chi connectivity index (χ4n) is 2.12. The van der Waals surface area contributed by atoms with E-state index in [9.17, 15) is 14.0 Å². The molecule has 1 aromatic carbocycles. The third-order valence-corrected chi connectivity index (χ3v) is 3.35. The zero-order valence-electron chi connectivity index (χ0n) is 12.9. The van der Waals surface area contributed by atoms with E-state index in [-0.39, 0.29) is 36.8 Å². The highest BCUT2D eigenvalue weighted by Gasteiger charge is 2.05. The Balaban J connectivity index is 1.72. The first kappa shape index (κ1) is 16.7. The van der Waals surface area contributed by atoms with Crippen molar-refractivity contribution in [1.29, 1.82) is 0 Å². The van der Waals surface area contributed by atoms with Crippen LogP contribution < -0.4 is 15.6 Å². The summed E-state index contributed by atoms with van der Waals surface area (Å²) < 4.78 is 20.1. The van der Waals surface area contributed by atoms with Crippen LogP contribution in [0.3, 0.4) is 0 Å². The number of carbonyl (C=O) groups excluding carboxylic acids is 1. The molecule has 0 fully saturated rings. The maximum Gasteiger partial charge on any atom is 0.250 e. The Morgan fingerprint density at radius 3 is 2.74 bits per heavy atom. The number of ether oxygens (including phenoxy) is 1. The van der Waals surface area contributed by atoms with Gasteiger partial charge in [0.15, 0.2) is 11.6 Å². The lowest BCUT2D eigenvalue weighted by molar-refractivity contribution is -0.121. The van der Waals surface area contributed by atoms with Crippen molar-refractivity contribution in [2.24, 2.45) is 0 Å². The van der Waals surface area contributed by atoms with Gasteiger partial charge in [-0.2, -0.15) is 0 Å². The Morgan fingerprint density at radius 1 is 1.22 bits per heavy atom. The topological polar surface area (TPSA) is 60.3 Å². The van der Waals surface area contributed by atoms with Crippen molar-refractivity contribution in [3.05, 3.63) is 64.3 Å². The van der Waals surface area contributed by atoms with Crippen molar-refractivity contribution in [2.75, 3.05) is 13.2 Å². The number of carbonyl (C=O) groups is 1. The Kier molecular flexibility index (Phi) is 5.91. The van der Waals surface area contributed by atoms with E-state index in [2.05, 4.69) is 5.32 Å². The van der Waals surface area contributed by atoms with Gasteiger partial charge in [0.25, 0.3) is 5.56 Å². The Bertz CT molecular complexity index is 728. The predicted octanol–water partition coefficient (Wildman–Crippen LogP) is 1.88. The summed E-state index contributed by atoms with van der Waals surface area (Å²) in [6.45, 7) is 2.60. The van der Waals surface area contributed by atoms with Gasteiger partial charge in [-0.15, -0.1) is 0 Å². The highest BCUT2D eigenvalue weighted by Crippen LogP contribution is 2.14. The molecular formula is C17H19FN2O3. The molecule has 0 unspecified atom stereocenters. The van der Waals surface area contributed by atoms with Gasteiger partial charge in [0.2, 0.25) is 5.91 Å². The van der Waals surface area contributed by atoms with E-state index in [1.807, 2.05) is 13.0 Å². The lowest BCUT2D eigenvalue weighted by atomic mass is 10.3. The first-order chi connectivity index (χ1) is 11.1. The molecule has 0 saturated carbocycles. The summed E-state index contributed by atoms with van der Waals surface area (Å²) in [5.74, 6) is -0.455.